The second-order valence-corrected chi connectivity index (χ2v) is 3.82. The van der Waals surface area contributed by atoms with E-state index in [2.05, 4.69) is 34.5 Å². The van der Waals surface area contributed by atoms with Crippen molar-refractivity contribution in [3.63, 3.8) is 0 Å². The number of hydrogen-bond donors (Lipinski definition) is 0. The topological polar surface area (TPSA) is 18.8 Å². The molecular formula is C13H9N3S. The number of fused-ring (bicyclic) bond motifs is 3. The number of hydrogen-bond acceptors (Lipinski definition) is 4. The zero-order valence-corrected chi connectivity index (χ0v) is 9.76. The minimum atomic E-state index is 0.763. The van der Waals surface area contributed by atoms with Gasteiger partial charge in [0.2, 0.25) is 0 Å². The number of allylic oxidation sites excluding steroid dienone is 2. The molecule has 0 aromatic heterocycles. The molecule has 2 aliphatic heterocycles. The highest BCUT2D eigenvalue weighted by atomic mass is 32.1. The van der Waals surface area contributed by atoms with Crippen LogP contribution < -0.4 is 5.01 Å². The van der Waals surface area contributed by atoms with Crippen molar-refractivity contribution in [1.82, 2.24) is 5.01 Å². The first-order chi connectivity index (χ1) is 8.40. The van der Waals surface area contributed by atoms with E-state index in [0.717, 1.165) is 17.1 Å². The number of hydrazine groups is 1. The molecule has 0 saturated carbocycles. The van der Waals surface area contributed by atoms with Crippen molar-refractivity contribution in [2.45, 2.75) is 0 Å². The summed E-state index contributed by atoms with van der Waals surface area (Å²) >= 11 is 4.68. The molecular weight excluding hydrogens is 230 g/mol. The number of benzene rings is 1. The van der Waals surface area contributed by atoms with Gasteiger partial charge in [0.05, 0.1) is 10.8 Å². The van der Waals surface area contributed by atoms with Crippen LogP contribution in [0.2, 0.25) is 0 Å². The lowest BCUT2D eigenvalue weighted by Gasteiger charge is -2.37. The molecule has 3 nitrogen and oxygen atoms in total. The quantitative estimate of drug-likeness (QED) is 0.554. The highest BCUT2D eigenvalue weighted by Gasteiger charge is 2.23. The van der Waals surface area contributed by atoms with E-state index in [-0.39, 0.29) is 0 Å². The van der Waals surface area contributed by atoms with E-state index in [1.54, 1.807) is 0 Å². The first-order valence-corrected chi connectivity index (χ1v) is 5.63. The minimum absolute atomic E-state index is 0.763. The average Bonchev–Trinajstić information content (AvgIpc) is 2.39. The molecule has 1 aromatic carbocycles. The number of isothiocyanates is 1. The van der Waals surface area contributed by atoms with Crippen molar-refractivity contribution in [2.24, 2.45) is 4.99 Å². The molecule has 0 amide bonds. The Morgan fingerprint density at radius 2 is 1.82 bits per heavy atom. The number of para-hydroxylation sites is 1. The first-order valence-electron chi connectivity index (χ1n) is 5.22. The van der Waals surface area contributed by atoms with Crippen LogP contribution in [0.4, 0.5) is 5.69 Å². The fourth-order valence-corrected chi connectivity index (χ4v) is 2.04. The Bertz CT molecular complexity index is 594. The van der Waals surface area contributed by atoms with Crippen LogP contribution in [0.25, 0.3) is 6.08 Å². The predicted octanol–water partition coefficient (Wildman–Crippen LogP) is 3.17. The number of anilines is 1. The third-order valence-electron chi connectivity index (χ3n) is 2.66. The molecule has 0 bridgehead atoms. The lowest BCUT2D eigenvalue weighted by atomic mass is 10.1. The Morgan fingerprint density at radius 3 is 2.65 bits per heavy atom. The summed E-state index contributed by atoms with van der Waals surface area (Å²) in [5.41, 5.74) is 2.24. The molecule has 0 N–H and O–H groups in total. The van der Waals surface area contributed by atoms with Crippen molar-refractivity contribution >= 4 is 29.1 Å². The maximum absolute atomic E-state index is 4.68. The Labute approximate surface area is 105 Å². The fraction of sp³-hybridized carbons (Fsp3) is 0. The summed E-state index contributed by atoms with van der Waals surface area (Å²) in [4.78, 5) is 4.09. The molecule has 0 spiro atoms. The lowest BCUT2D eigenvalue weighted by molar-refractivity contribution is 0.459. The summed E-state index contributed by atoms with van der Waals surface area (Å²) in [6.07, 6.45) is 9.87. The minimum Gasteiger partial charge on any atom is -0.255 e. The number of nitrogens with zero attached hydrogens (tertiary/aromatic N) is 3. The third kappa shape index (κ3) is 1.60. The number of rotatable bonds is 1. The molecule has 0 radical (unpaired) electrons. The normalized spacial score (nSPS) is 15.9. The van der Waals surface area contributed by atoms with Crippen molar-refractivity contribution in [1.29, 1.82) is 0 Å². The van der Waals surface area contributed by atoms with Crippen molar-refractivity contribution in [3.8, 4) is 0 Å². The first kappa shape index (κ1) is 10.0. The van der Waals surface area contributed by atoms with Gasteiger partial charge in [0.15, 0.2) is 5.82 Å². The van der Waals surface area contributed by atoms with Crippen LogP contribution in [0.15, 0.2) is 59.6 Å². The van der Waals surface area contributed by atoms with Gasteiger partial charge in [0.25, 0.3) is 0 Å². The highest BCUT2D eigenvalue weighted by Crippen LogP contribution is 2.33. The molecule has 0 fully saturated rings. The fourth-order valence-electron chi connectivity index (χ4n) is 1.94. The molecule has 0 atom stereocenters. The lowest BCUT2D eigenvalue weighted by Crippen LogP contribution is -2.37. The SMILES string of the molecule is S=C=NC1=Cc2ccccc2N2C=CC=CN12. The van der Waals surface area contributed by atoms with Crippen molar-refractivity contribution in [3.05, 3.63) is 60.2 Å². The third-order valence-corrected chi connectivity index (χ3v) is 2.75. The van der Waals surface area contributed by atoms with E-state index >= 15 is 0 Å². The monoisotopic (exact) mass is 239 g/mol. The largest absolute Gasteiger partial charge is 0.255 e. The van der Waals surface area contributed by atoms with E-state index in [0.29, 0.717) is 0 Å². The van der Waals surface area contributed by atoms with Crippen LogP contribution in [0.3, 0.4) is 0 Å². The molecule has 0 saturated heterocycles. The highest BCUT2D eigenvalue weighted by molar-refractivity contribution is 7.78. The molecule has 3 rings (SSSR count). The summed E-state index contributed by atoms with van der Waals surface area (Å²) in [7, 11) is 0. The Kier molecular flexibility index (Phi) is 2.37. The van der Waals surface area contributed by atoms with Gasteiger partial charge in [-0.25, -0.2) is 5.01 Å². The maximum Gasteiger partial charge on any atom is 0.163 e. The number of thiocarbonyl (C=S) groups is 1. The molecule has 4 heteroatoms. The van der Waals surface area contributed by atoms with E-state index in [1.165, 1.54) is 0 Å². The summed E-state index contributed by atoms with van der Waals surface area (Å²) in [6, 6.07) is 8.15. The average molecular weight is 239 g/mol. The van der Waals surface area contributed by atoms with Gasteiger partial charge >= 0.3 is 0 Å². The van der Waals surface area contributed by atoms with Crippen LogP contribution in [-0.2, 0) is 0 Å². The standard InChI is InChI=1S/C13H9N3S/c17-10-14-13-9-11-5-1-2-6-12(11)15-7-3-4-8-16(13)15/h1-9H. The maximum atomic E-state index is 4.68. The Morgan fingerprint density at radius 1 is 1.06 bits per heavy atom. The van der Waals surface area contributed by atoms with Gasteiger partial charge in [-0.15, -0.1) is 0 Å². The van der Waals surface area contributed by atoms with Gasteiger partial charge in [0.1, 0.15) is 0 Å². The second-order valence-electron chi connectivity index (χ2n) is 3.64. The van der Waals surface area contributed by atoms with Gasteiger partial charge in [0, 0.05) is 18.0 Å². The smallest absolute Gasteiger partial charge is 0.163 e. The summed E-state index contributed by atoms with van der Waals surface area (Å²) in [5, 5.41) is 6.38. The van der Waals surface area contributed by atoms with Crippen molar-refractivity contribution < 1.29 is 0 Å². The molecule has 0 unspecified atom stereocenters. The molecule has 0 aliphatic carbocycles. The van der Waals surface area contributed by atoms with E-state index < -0.39 is 0 Å². The predicted molar refractivity (Wildman–Crippen MR) is 72.0 cm³/mol. The Balaban J connectivity index is 2.20. The van der Waals surface area contributed by atoms with Crippen LogP contribution in [0.1, 0.15) is 5.56 Å². The van der Waals surface area contributed by atoms with Crippen LogP contribution >= 0.6 is 12.2 Å². The van der Waals surface area contributed by atoms with Gasteiger partial charge in [-0.1, -0.05) is 18.2 Å². The van der Waals surface area contributed by atoms with Gasteiger partial charge < -0.3 is 0 Å². The molecule has 2 heterocycles. The summed E-state index contributed by atoms with van der Waals surface area (Å²) < 4.78 is 0. The second kappa shape index (κ2) is 4.01. The zero-order chi connectivity index (χ0) is 11.7. The van der Waals surface area contributed by atoms with Gasteiger partial charge in [-0.3, -0.25) is 5.01 Å². The Hall–Kier alpha value is -2.16. The van der Waals surface area contributed by atoms with Crippen molar-refractivity contribution in [2.75, 3.05) is 5.01 Å². The van der Waals surface area contributed by atoms with Crippen LogP contribution in [0.5, 0.6) is 0 Å². The van der Waals surface area contributed by atoms with Gasteiger partial charge in [-0.2, -0.15) is 4.99 Å². The van der Waals surface area contributed by atoms with Gasteiger partial charge in [-0.05, 0) is 36.5 Å². The van der Waals surface area contributed by atoms with E-state index in [9.17, 15) is 0 Å². The molecule has 82 valence electrons. The van der Waals surface area contributed by atoms with Crippen LogP contribution in [0, 0.1) is 0 Å². The molecule has 2 aliphatic rings. The summed E-state index contributed by atoms with van der Waals surface area (Å²) in [6.45, 7) is 0. The van der Waals surface area contributed by atoms with E-state index in [4.69, 9.17) is 0 Å². The molecule has 1 aromatic rings. The van der Waals surface area contributed by atoms with Crippen LogP contribution in [-0.4, -0.2) is 10.2 Å². The summed E-state index contributed by atoms with van der Waals surface area (Å²) in [5.74, 6) is 0.763. The molecule has 17 heavy (non-hydrogen) atoms. The number of aliphatic imine (C=N–C) groups is 1. The van der Waals surface area contributed by atoms with E-state index in [1.807, 2.05) is 52.8 Å². The zero-order valence-electron chi connectivity index (χ0n) is 8.95.